The summed E-state index contributed by atoms with van der Waals surface area (Å²) < 4.78 is 10.6. The van der Waals surface area contributed by atoms with Crippen molar-refractivity contribution in [2.75, 3.05) is 25.1 Å². The Bertz CT molecular complexity index is 768. The van der Waals surface area contributed by atoms with Crippen LogP contribution in [0.25, 0.3) is 0 Å². The van der Waals surface area contributed by atoms with Crippen molar-refractivity contribution in [1.29, 1.82) is 0 Å². The van der Waals surface area contributed by atoms with E-state index in [0.29, 0.717) is 28.6 Å². The molecule has 0 saturated carbocycles. The number of rotatable bonds is 5. The molecule has 3 rings (SSSR count). The first-order chi connectivity index (χ1) is 12.1. The molecule has 1 fully saturated rings. The molecule has 2 heterocycles. The molecule has 1 saturated heterocycles. The molecule has 6 nitrogen and oxygen atoms in total. The van der Waals surface area contributed by atoms with Gasteiger partial charge in [0.2, 0.25) is 5.88 Å². The second-order valence-electron chi connectivity index (χ2n) is 5.76. The number of aliphatic hydroxyl groups is 1. The number of pyridine rings is 1. The Labute approximate surface area is 151 Å². The zero-order valence-electron chi connectivity index (χ0n) is 13.8. The van der Waals surface area contributed by atoms with Gasteiger partial charge in [-0.25, -0.2) is 9.78 Å². The predicted octanol–water partition coefficient (Wildman–Crippen LogP) is 2.67. The van der Waals surface area contributed by atoms with Crippen molar-refractivity contribution in [2.24, 2.45) is 0 Å². The molecular weight excluding hydrogens is 344 g/mol. The summed E-state index contributed by atoms with van der Waals surface area (Å²) in [6, 6.07) is 8.68. The van der Waals surface area contributed by atoms with Crippen LogP contribution in [0.3, 0.4) is 0 Å². The smallest absolute Gasteiger partial charge is 0.337 e. The van der Waals surface area contributed by atoms with Gasteiger partial charge in [-0.1, -0.05) is 11.6 Å². The Kier molecular flexibility index (Phi) is 5.40. The molecule has 1 aliphatic heterocycles. The number of carbonyl (C=O) groups excluding carboxylic acids is 1. The Morgan fingerprint density at radius 3 is 3.00 bits per heavy atom. The van der Waals surface area contributed by atoms with Gasteiger partial charge in [0, 0.05) is 30.4 Å². The third-order valence-electron chi connectivity index (χ3n) is 4.16. The van der Waals surface area contributed by atoms with E-state index in [-0.39, 0.29) is 12.7 Å². The molecule has 1 atom stereocenters. The van der Waals surface area contributed by atoms with Crippen LogP contribution in [0.1, 0.15) is 22.3 Å². The van der Waals surface area contributed by atoms with Crippen LogP contribution < -0.4 is 9.64 Å². The van der Waals surface area contributed by atoms with Crippen molar-refractivity contribution in [1.82, 2.24) is 4.98 Å². The van der Waals surface area contributed by atoms with Crippen LogP contribution in [0.5, 0.6) is 5.88 Å². The number of hydrogen-bond acceptors (Lipinski definition) is 6. The molecule has 1 N–H and O–H groups in total. The summed E-state index contributed by atoms with van der Waals surface area (Å²) >= 11 is 6.09. The van der Waals surface area contributed by atoms with Gasteiger partial charge in [0.15, 0.2) is 0 Å². The first-order valence-corrected chi connectivity index (χ1v) is 8.34. The molecule has 0 amide bonds. The van der Waals surface area contributed by atoms with Crippen LogP contribution in [0.2, 0.25) is 5.02 Å². The van der Waals surface area contributed by atoms with Gasteiger partial charge in [-0.05, 0) is 30.3 Å². The Balaban J connectivity index is 1.73. The summed E-state index contributed by atoms with van der Waals surface area (Å²) in [6.45, 7) is 1.27. The molecule has 0 aliphatic carbocycles. The van der Waals surface area contributed by atoms with E-state index in [1.165, 1.54) is 7.11 Å². The average molecular weight is 363 g/mol. The van der Waals surface area contributed by atoms with Gasteiger partial charge in [0.1, 0.15) is 11.1 Å². The van der Waals surface area contributed by atoms with E-state index >= 15 is 0 Å². The summed E-state index contributed by atoms with van der Waals surface area (Å²) in [7, 11) is 1.33. The number of nitrogens with zero attached hydrogens (tertiary/aromatic N) is 2. The fraction of sp³-hybridized carbons (Fsp3) is 0.333. The molecule has 1 aliphatic rings. The predicted molar refractivity (Wildman–Crippen MR) is 94.2 cm³/mol. The fourth-order valence-electron chi connectivity index (χ4n) is 2.92. The van der Waals surface area contributed by atoms with Crippen molar-refractivity contribution in [3.05, 3.63) is 52.7 Å². The Hall–Kier alpha value is -2.31. The van der Waals surface area contributed by atoms with E-state index in [1.807, 2.05) is 6.07 Å². The SMILES string of the molecule is COC(=O)c1ccc(N2CCC(Oc3ncccc3Cl)C2)c(CO)c1. The van der Waals surface area contributed by atoms with E-state index in [0.717, 1.165) is 18.7 Å². The highest BCUT2D eigenvalue weighted by atomic mass is 35.5. The van der Waals surface area contributed by atoms with Crippen molar-refractivity contribution in [3.63, 3.8) is 0 Å². The maximum absolute atomic E-state index is 11.6. The highest BCUT2D eigenvalue weighted by Gasteiger charge is 2.27. The summed E-state index contributed by atoms with van der Waals surface area (Å²) in [6.07, 6.45) is 2.42. The molecular formula is C18H19ClN2O4. The molecule has 2 aromatic rings. The van der Waals surface area contributed by atoms with Gasteiger partial charge in [0.05, 0.1) is 25.8 Å². The Morgan fingerprint density at radius 1 is 1.44 bits per heavy atom. The molecule has 1 aromatic carbocycles. The van der Waals surface area contributed by atoms with Gasteiger partial charge in [0.25, 0.3) is 0 Å². The monoisotopic (exact) mass is 362 g/mol. The highest BCUT2D eigenvalue weighted by molar-refractivity contribution is 6.31. The summed E-state index contributed by atoms with van der Waals surface area (Å²) in [5.74, 6) is 0.00751. The summed E-state index contributed by atoms with van der Waals surface area (Å²) in [5.41, 5.74) is 1.98. The topological polar surface area (TPSA) is 71.9 Å². The number of anilines is 1. The number of benzene rings is 1. The van der Waals surface area contributed by atoms with Gasteiger partial charge < -0.3 is 19.5 Å². The minimum absolute atomic E-state index is 0.0424. The minimum atomic E-state index is -0.423. The molecule has 25 heavy (non-hydrogen) atoms. The van der Waals surface area contributed by atoms with Crippen LogP contribution in [-0.4, -0.2) is 42.4 Å². The highest BCUT2D eigenvalue weighted by Crippen LogP contribution is 2.29. The largest absolute Gasteiger partial charge is 0.471 e. The lowest BCUT2D eigenvalue weighted by molar-refractivity contribution is 0.0600. The van der Waals surface area contributed by atoms with E-state index in [2.05, 4.69) is 9.88 Å². The number of hydrogen-bond donors (Lipinski definition) is 1. The molecule has 1 aromatic heterocycles. The zero-order valence-corrected chi connectivity index (χ0v) is 14.6. The zero-order chi connectivity index (χ0) is 17.8. The first kappa shape index (κ1) is 17.5. The third kappa shape index (κ3) is 3.86. The number of halogens is 1. The van der Waals surface area contributed by atoms with E-state index < -0.39 is 5.97 Å². The molecule has 0 radical (unpaired) electrons. The van der Waals surface area contributed by atoms with E-state index in [9.17, 15) is 9.90 Å². The number of aromatic nitrogens is 1. The normalized spacial score (nSPS) is 16.8. The quantitative estimate of drug-likeness (QED) is 0.824. The van der Waals surface area contributed by atoms with Crippen LogP contribution in [0.15, 0.2) is 36.5 Å². The van der Waals surface area contributed by atoms with E-state index in [1.54, 1.807) is 30.5 Å². The number of aliphatic hydroxyl groups excluding tert-OH is 1. The number of methoxy groups -OCH3 is 1. The lowest BCUT2D eigenvalue weighted by Crippen LogP contribution is -2.25. The fourth-order valence-corrected chi connectivity index (χ4v) is 3.09. The summed E-state index contributed by atoms with van der Waals surface area (Å²) in [5, 5.41) is 10.1. The second-order valence-corrected chi connectivity index (χ2v) is 6.17. The van der Waals surface area contributed by atoms with Crippen LogP contribution in [-0.2, 0) is 11.3 Å². The second kappa shape index (κ2) is 7.72. The average Bonchev–Trinajstić information content (AvgIpc) is 3.10. The van der Waals surface area contributed by atoms with Crippen LogP contribution in [0, 0.1) is 0 Å². The standard InChI is InChI=1S/C18H19ClN2O4/c1-24-18(23)12-4-5-16(13(9-12)11-22)21-8-6-14(10-21)25-17-15(19)3-2-7-20-17/h2-5,7,9,14,22H,6,8,10-11H2,1H3. The third-order valence-corrected chi connectivity index (χ3v) is 4.45. The lowest BCUT2D eigenvalue weighted by Gasteiger charge is -2.22. The number of carbonyl (C=O) groups is 1. The lowest BCUT2D eigenvalue weighted by atomic mass is 10.1. The molecule has 0 spiro atoms. The van der Waals surface area contributed by atoms with Gasteiger partial charge >= 0.3 is 5.97 Å². The summed E-state index contributed by atoms with van der Waals surface area (Å²) in [4.78, 5) is 17.9. The molecule has 7 heteroatoms. The van der Waals surface area contributed by atoms with Crippen molar-refractivity contribution < 1.29 is 19.4 Å². The van der Waals surface area contributed by atoms with Crippen molar-refractivity contribution >= 4 is 23.3 Å². The van der Waals surface area contributed by atoms with Crippen LogP contribution >= 0.6 is 11.6 Å². The molecule has 1 unspecified atom stereocenters. The van der Waals surface area contributed by atoms with Crippen molar-refractivity contribution in [2.45, 2.75) is 19.1 Å². The van der Waals surface area contributed by atoms with Gasteiger partial charge in [-0.3, -0.25) is 0 Å². The number of ether oxygens (including phenoxy) is 2. The van der Waals surface area contributed by atoms with E-state index in [4.69, 9.17) is 21.1 Å². The maximum Gasteiger partial charge on any atom is 0.337 e. The van der Waals surface area contributed by atoms with Crippen LogP contribution in [0.4, 0.5) is 5.69 Å². The Morgan fingerprint density at radius 2 is 2.28 bits per heavy atom. The van der Waals surface area contributed by atoms with Crippen molar-refractivity contribution in [3.8, 4) is 5.88 Å². The van der Waals surface area contributed by atoms with Gasteiger partial charge in [-0.15, -0.1) is 0 Å². The molecule has 0 bridgehead atoms. The van der Waals surface area contributed by atoms with Gasteiger partial charge in [-0.2, -0.15) is 0 Å². The minimum Gasteiger partial charge on any atom is -0.471 e. The maximum atomic E-state index is 11.6. The molecule has 132 valence electrons. The number of esters is 1. The first-order valence-electron chi connectivity index (χ1n) is 7.96.